The lowest BCUT2D eigenvalue weighted by molar-refractivity contribution is 0.341. The maximum Gasteiger partial charge on any atom is 0.277 e. The molecule has 0 unspecified atom stereocenters. The fourth-order valence-corrected chi connectivity index (χ4v) is 4.53. The molecule has 168 valence electrons. The number of nitrogens with one attached hydrogen (secondary N) is 2. The number of H-pyrrole nitrogens is 1. The van der Waals surface area contributed by atoms with Gasteiger partial charge in [-0.25, -0.2) is 18.1 Å². The Morgan fingerprint density at radius 2 is 1.94 bits per heavy atom. The maximum absolute atomic E-state index is 12.9. The molecule has 2 aromatic heterocycles. The van der Waals surface area contributed by atoms with E-state index >= 15 is 0 Å². The lowest BCUT2D eigenvalue weighted by Gasteiger charge is -2.13. The summed E-state index contributed by atoms with van der Waals surface area (Å²) < 4.78 is 35.2. The third-order valence-corrected chi connectivity index (χ3v) is 6.27. The molecule has 10 heteroatoms. The van der Waals surface area contributed by atoms with Gasteiger partial charge >= 0.3 is 0 Å². The zero-order chi connectivity index (χ0) is 22.6. The van der Waals surface area contributed by atoms with Crippen LogP contribution in [0.4, 0.5) is 0 Å². The summed E-state index contributed by atoms with van der Waals surface area (Å²) in [5.74, 6) is 0.695. The molecular formula is C21H29N5O4S. The Bertz CT molecular complexity index is 1230. The molecule has 31 heavy (non-hydrogen) atoms. The van der Waals surface area contributed by atoms with Crippen LogP contribution < -0.4 is 15.0 Å². The van der Waals surface area contributed by atoms with E-state index in [-0.39, 0.29) is 16.3 Å². The lowest BCUT2D eigenvalue weighted by Crippen LogP contribution is -2.24. The number of nitrogens with zero attached hydrogens (tertiary/aromatic N) is 3. The Labute approximate surface area is 181 Å². The number of sulfonamides is 1. The van der Waals surface area contributed by atoms with Crippen molar-refractivity contribution >= 4 is 21.1 Å². The zero-order valence-corrected chi connectivity index (χ0v) is 19.2. The molecule has 0 aliphatic heterocycles. The van der Waals surface area contributed by atoms with Crippen LogP contribution in [0.15, 0.2) is 27.9 Å². The first-order chi connectivity index (χ1) is 14.9. The fourth-order valence-electron chi connectivity index (χ4n) is 3.37. The van der Waals surface area contributed by atoms with E-state index in [1.54, 1.807) is 10.7 Å². The van der Waals surface area contributed by atoms with Gasteiger partial charge in [0.2, 0.25) is 10.0 Å². The van der Waals surface area contributed by atoms with Crippen LogP contribution in [0, 0.1) is 0 Å². The summed E-state index contributed by atoms with van der Waals surface area (Å²) in [7, 11) is -3.70. The molecular weight excluding hydrogens is 418 g/mol. The van der Waals surface area contributed by atoms with Crippen LogP contribution in [0.25, 0.3) is 22.4 Å². The number of hydrogen-bond acceptors (Lipinski definition) is 6. The van der Waals surface area contributed by atoms with E-state index in [9.17, 15) is 13.2 Å². The van der Waals surface area contributed by atoms with E-state index in [1.165, 1.54) is 12.1 Å². The molecule has 3 rings (SSSR count). The van der Waals surface area contributed by atoms with E-state index in [0.717, 1.165) is 12.1 Å². The molecule has 0 saturated heterocycles. The summed E-state index contributed by atoms with van der Waals surface area (Å²) in [5.41, 5.74) is 1.78. The number of rotatable bonds is 10. The quantitative estimate of drug-likeness (QED) is 0.493. The number of benzene rings is 1. The molecule has 0 saturated carbocycles. The van der Waals surface area contributed by atoms with Crippen molar-refractivity contribution in [2.24, 2.45) is 0 Å². The highest BCUT2D eigenvalue weighted by Crippen LogP contribution is 2.31. The largest absolute Gasteiger partial charge is 0.493 e. The zero-order valence-electron chi connectivity index (χ0n) is 18.4. The second-order valence-electron chi connectivity index (χ2n) is 7.11. The highest BCUT2D eigenvalue weighted by atomic mass is 32.2. The average Bonchev–Trinajstić information content (AvgIpc) is 3.11. The molecule has 1 aromatic carbocycles. The van der Waals surface area contributed by atoms with Crippen molar-refractivity contribution in [2.45, 2.75) is 58.4 Å². The molecule has 3 aromatic rings. The molecule has 0 atom stereocenters. The van der Waals surface area contributed by atoms with Crippen LogP contribution in [-0.2, 0) is 23.0 Å². The van der Waals surface area contributed by atoms with Crippen LogP contribution >= 0.6 is 0 Å². The van der Waals surface area contributed by atoms with E-state index in [0.29, 0.717) is 54.9 Å². The van der Waals surface area contributed by atoms with Gasteiger partial charge in [0.15, 0.2) is 5.52 Å². The van der Waals surface area contributed by atoms with Gasteiger partial charge in [-0.05, 0) is 44.9 Å². The van der Waals surface area contributed by atoms with Crippen LogP contribution in [0.3, 0.4) is 0 Å². The summed E-state index contributed by atoms with van der Waals surface area (Å²) >= 11 is 0. The van der Waals surface area contributed by atoms with Gasteiger partial charge in [-0.2, -0.15) is 5.10 Å². The standard InChI is InChI=1S/C21H29N5O4S/c1-5-9-16-18-19(26(7-3)25-16)21(27)24-20(23-18)15-13-14(10-11-17(15)30-8-4)31(28,29)22-12-6-2/h10-11,13,22H,5-9,12H2,1-4H3,(H,23,24,27). The van der Waals surface area contributed by atoms with Crippen LogP contribution in [-0.4, -0.2) is 41.3 Å². The van der Waals surface area contributed by atoms with Gasteiger partial charge in [0, 0.05) is 13.1 Å². The van der Waals surface area contributed by atoms with Gasteiger partial charge in [-0.15, -0.1) is 0 Å². The number of ether oxygens (including phenoxy) is 1. The molecule has 2 heterocycles. The molecule has 2 N–H and O–H groups in total. The van der Waals surface area contributed by atoms with Gasteiger partial charge in [0.25, 0.3) is 5.56 Å². The van der Waals surface area contributed by atoms with E-state index in [2.05, 4.69) is 19.8 Å². The van der Waals surface area contributed by atoms with Crippen molar-refractivity contribution in [2.75, 3.05) is 13.2 Å². The summed E-state index contributed by atoms with van der Waals surface area (Å²) in [4.78, 5) is 20.5. The molecule has 0 fully saturated rings. The topological polar surface area (TPSA) is 119 Å². The Morgan fingerprint density at radius 3 is 2.58 bits per heavy atom. The minimum atomic E-state index is -3.70. The Hall–Kier alpha value is -2.72. The molecule has 0 spiro atoms. The summed E-state index contributed by atoms with van der Waals surface area (Å²) in [6, 6.07) is 4.56. The van der Waals surface area contributed by atoms with E-state index in [4.69, 9.17) is 4.74 Å². The predicted molar refractivity (Wildman–Crippen MR) is 120 cm³/mol. The van der Waals surface area contributed by atoms with Gasteiger partial charge in [-0.1, -0.05) is 20.3 Å². The normalized spacial score (nSPS) is 11.9. The van der Waals surface area contributed by atoms with E-state index < -0.39 is 10.0 Å². The smallest absolute Gasteiger partial charge is 0.277 e. The van der Waals surface area contributed by atoms with Crippen molar-refractivity contribution in [1.82, 2.24) is 24.5 Å². The Morgan fingerprint density at radius 1 is 1.16 bits per heavy atom. The number of aryl methyl sites for hydroxylation is 2. The minimum Gasteiger partial charge on any atom is -0.493 e. The van der Waals surface area contributed by atoms with Crippen LogP contribution in [0.2, 0.25) is 0 Å². The number of fused-ring (bicyclic) bond motifs is 1. The van der Waals surface area contributed by atoms with Crippen molar-refractivity contribution in [3.05, 3.63) is 34.2 Å². The first-order valence-electron chi connectivity index (χ1n) is 10.6. The molecule has 9 nitrogen and oxygen atoms in total. The van der Waals surface area contributed by atoms with Crippen molar-refractivity contribution in [1.29, 1.82) is 0 Å². The van der Waals surface area contributed by atoms with Gasteiger partial charge in [0.1, 0.15) is 17.1 Å². The molecule has 0 amide bonds. The average molecular weight is 448 g/mol. The summed E-state index contributed by atoms with van der Waals surface area (Å²) in [6.07, 6.45) is 2.23. The summed E-state index contributed by atoms with van der Waals surface area (Å²) in [5, 5.41) is 4.54. The SMILES string of the molecule is CCCNS(=O)(=O)c1ccc(OCC)c(-c2nc3c(CCC)nn(CC)c3c(=O)[nH]2)c1. The highest BCUT2D eigenvalue weighted by Gasteiger charge is 2.21. The van der Waals surface area contributed by atoms with Crippen molar-refractivity contribution < 1.29 is 13.2 Å². The molecule has 0 aliphatic rings. The second-order valence-corrected chi connectivity index (χ2v) is 8.88. The third kappa shape index (κ3) is 4.64. The lowest BCUT2D eigenvalue weighted by atomic mass is 10.1. The first-order valence-corrected chi connectivity index (χ1v) is 12.1. The molecule has 0 aliphatic carbocycles. The third-order valence-electron chi connectivity index (χ3n) is 4.81. The van der Waals surface area contributed by atoms with Gasteiger partial charge in [-0.3, -0.25) is 9.48 Å². The number of aromatic nitrogens is 4. The van der Waals surface area contributed by atoms with Crippen molar-refractivity contribution in [3.63, 3.8) is 0 Å². The molecule has 0 bridgehead atoms. The number of aromatic amines is 1. The van der Waals surface area contributed by atoms with Gasteiger partial charge in [0.05, 0.1) is 22.8 Å². The number of hydrogen-bond donors (Lipinski definition) is 2. The molecule has 0 radical (unpaired) electrons. The predicted octanol–water partition coefficient (Wildman–Crippen LogP) is 2.85. The Kier molecular flexibility index (Phi) is 7.11. The maximum atomic E-state index is 12.9. The Balaban J connectivity index is 2.23. The highest BCUT2D eigenvalue weighted by molar-refractivity contribution is 7.89. The van der Waals surface area contributed by atoms with E-state index in [1.807, 2.05) is 27.7 Å². The minimum absolute atomic E-state index is 0.0835. The fraction of sp³-hybridized carbons (Fsp3) is 0.476. The second kappa shape index (κ2) is 9.61. The summed E-state index contributed by atoms with van der Waals surface area (Å²) in [6.45, 7) is 8.94. The van der Waals surface area contributed by atoms with Crippen molar-refractivity contribution in [3.8, 4) is 17.1 Å². The monoisotopic (exact) mass is 447 g/mol. The first kappa shape index (κ1) is 23.0. The van der Waals surface area contributed by atoms with Gasteiger partial charge < -0.3 is 9.72 Å². The van der Waals surface area contributed by atoms with Crippen LogP contribution in [0.5, 0.6) is 5.75 Å². The van der Waals surface area contributed by atoms with Crippen LogP contribution in [0.1, 0.15) is 46.2 Å².